The standard InChI is InChI=1S/C32H35ClN4O5S/c1-43(41,42)37-20-32(26-4-2-3-5-29(26)37)12-14-36(15-13-32)31(40)28(16-21-6-9-24(33)10-7-21)35-30(39)27-18-22-8-11-25(38)17-23(22)19-34-27/h2-11,17,27-28,34,38H,12-16,18-20H2,1H3,(H,35,39). The van der Waals surface area contributed by atoms with Crippen LogP contribution in [0.3, 0.4) is 0 Å². The van der Waals surface area contributed by atoms with E-state index in [0.29, 0.717) is 56.9 Å². The second-order valence-corrected chi connectivity index (χ2v) is 14.2. The first-order valence-corrected chi connectivity index (χ1v) is 16.7. The summed E-state index contributed by atoms with van der Waals surface area (Å²) in [6.07, 6.45) is 3.24. The number of likely N-dealkylation sites (tertiary alicyclic amines) is 1. The van der Waals surface area contributed by atoms with Gasteiger partial charge in [0.15, 0.2) is 0 Å². The number of fused-ring (bicyclic) bond motifs is 3. The molecule has 3 N–H and O–H groups in total. The maximum atomic E-state index is 14.0. The Labute approximate surface area is 256 Å². The van der Waals surface area contributed by atoms with Gasteiger partial charge in [-0.25, -0.2) is 8.42 Å². The van der Waals surface area contributed by atoms with Crippen LogP contribution in [-0.4, -0.2) is 68.2 Å². The van der Waals surface area contributed by atoms with Gasteiger partial charge in [-0.15, -0.1) is 0 Å². The average molecular weight is 623 g/mol. The Morgan fingerprint density at radius 2 is 1.79 bits per heavy atom. The van der Waals surface area contributed by atoms with Crippen LogP contribution in [0.4, 0.5) is 5.69 Å². The number of nitrogens with one attached hydrogen (secondary N) is 2. The molecule has 11 heteroatoms. The summed E-state index contributed by atoms with van der Waals surface area (Å²) in [4.78, 5) is 29.3. The highest BCUT2D eigenvalue weighted by atomic mass is 35.5. The van der Waals surface area contributed by atoms with Gasteiger partial charge in [0.25, 0.3) is 0 Å². The molecule has 0 aliphatic carbocycles. The molecular formula is C32H35ClN4O5S. The fraction of sp³-hybridized carbons (Fsp3) is 0.375. The number of para-hydroxylation sites is 1. The van der Waals surface area contributed by atoms with Crippen molar-refractivity contribution in [2.75, 3.05) is 30.2 Å². The van der Waals surface area contributed by atoms with E-state index in [-0.39, 0.29) is 23.0 Å². The van der Waals surface area contributed by atoms with Crippen molar-refractivity contribution in [3.05, 3.63) is 94.0 Å². The van der Waals surface area contributed by atoms with Crippen LogP contribution in [0.1, 0.15) is 35.1 Å². The lowest BCUT2D eigenvalue weighted by molar-refractivity contribution is -0.138. The van der Waals surface area contributed by atoms with E-state index in [1.165, 1.54) is 10.6 Å². The molecule has 1 spiro atoms. The monoisotopic (exact) mass is 622 g/mol. The fourth-order valence-electron chi connectivity index (χ4n) is 6.70. The second-order valence-electron chi connectivity index (χ2n) is 11.9. The molecule has 2 atom stereocenters. The van der Waals surface area contributed by atoms with Gasteiger partial charge >= 0.3 is 0 Å². The number of piperidine rings is 1. The van der Waals surface area contributed by atoms with Gasteiger partial charge in [0.1, 0.15) is 11.8 Å². The van der Waals surface area contributed by atoms with Crippen molar-refractivity contribution in [2.45, 2.75) is 49.7 Å². The molecule has 0 bridgehead atoms. The van der Waals surface area contributed by atoms with E-state index in [2.05, 4.69) is 10.6 Å². The van der Waals surface area contributed by atoms with Crippen LogP contribution in [0.15, 0.2) is 66.7 Å². The van der Waals surface area contributed by atoms with Crippen LogP contribution < -0.4 is 14.9 Å². The van der Waals surface area contributed by atoms with Gasteiger partial charge in [0, 0.05) is 43.0 Å². The summed E-state index contributed by atoms with van der Waals surface area (Å²) < 4.78 is 26.7. The van der Waals surface area contributed by atoms with Crippen LogP contribution in [0.25, 0.3) is 0 Å². The summed E-state index contributed by atoms with van der Waals surface area (Å²) >= 11 is 6.09. The molecule has 6 rings (SSSR count). The quantitative estimate of drug-likeness (QED) is 0.389. The SMILES string of the molecule is CS(=O)(=O)N1CC2(CCN(C(=O)C(Cc3ccc(Cl)cc3)NC(=O)C3Cc4ccc(O)cc4CN3)CC2)c2ccccc21. The Morgan fingerprint density at radius 1 is 1.07 bits per heavy atom. The first-order chi connectivity index (χ1) is 20.5. The molecule has 3 heterocycles. The number of anilines is 1. The molecular weight excluding hydrogens is 588 g/mol. The first kappa shape index (κ1) is 29.5. The largest absolute Gasteiger partial charge is 0.508 e. The number of phenols is 1. The van der Waals surface area contributed by atoms with E-state index in [4.69, 9.17) is 11.6 Å². The molecule has 1 saturated heterocycles. The van der Waals surface area contributed by atoms with Crippen molar-refractivity contribution in [3.63, 3.8) is 0 Å². The Bertz CT molecular complexity index is 1650. The summed E-state index contributed by atoms with van der Waals surface area (Å²) in [7, 11) is -3.44. The number of sulfonamides is 1. The van der Waals surface area contributed by atoms with Crippen molar-refractivity contribution in [2.24, 2.45) is 0 Å². The minimum atomic E-state index is -3.44. The number of carbonyl (C=O) groups is 2. The zero-order chi connectivity index (χ0) is 30.4. The summed E-state index contributed by atoms with van der Waals surface area (Å²) in [5.41, 5.74) is 4.17. The van der Waals surface area contributed by atoms with Gasteiger partial charge in [-0.2, -0.15) is 0 Å². The molecule has 3 aromatic carbocycles. The predicted molar refractivity (Wildman–Crippen MR) is 166 cm³/mol. The van der Waals surface area contributed by atoms with Crippen LogP contribution in [-0.2, 0) is 44.4 Å². The van der Waals surface area contributed by atoms with Crippen LogP contribution in [0.5, 0.6) is 5.75 Å². The Balaban J connectivity index is 1.19. The molecule has 226 valence electrons. The van der Waals surface area contributed by atoms with Crippen molar-refractivity contribution in [1.82, 2.24) is 15.5 Å². The number of carbonyl (C=O) groups excluding carboxylic acids is 2. The summed E-state index contributed by atoms with van der Waals surface area (Å²) in [5, 5.41) is 16.7. The third-order valence-corrected chi connectivity index (χ3v) is 10.4. The van der Waals surface area contributed by atoms with E-state index < -0.39 is 22.1 Å². The molecule has 3 aliphatic heterocycles. The summed E-state index contributed by atoms with van der Waals surface area (Å²) in [6.45, 7) is 1.72. The normalized spacial score (nSPS) is 19.9. The minimum absolute atomic E-state index is 0.162. The number of benzene rings is 3. The molecule has 43 heavy (non-hydrogen) atoms. The minimum Gasteiger partial charge on any atom is -0.508 e. The lowest BCUT2D eigenvalue weighted by atomic mass is 9.74. The lowest BCUT2D eigenvalue weighted by Gasteiger charge is -2.41. The van der Waals surface area contributed by atoms with Gasteiger partial charge in [-0.3, -0.25) is 13.9 Å². The van der Waals surface area contributed by atoms with E-state index in [1.54, 1.807) is 29.2 Å². The molecule has 0 saturated carbocycles. The highest BCUT2D eigenvalue weighted by molar-refractivity contribution is 7.92. The van der Waals surface area contributed by atoms with Gasteiger partial charge < -0.3 is 20.6 Å². The molecule has 3 aromatic rings. The number of phenolic OH excluding ortho intramolecular Hbond substituents is 1. The molecule has 0 aromatic heterocycles. The van der Waals surface area contributed by atoms with Gasteiger partial charge in [-0.1, -0.05) is 48.0 Å². The Morgan fingerprint density at radius 3 is 2.51 bits per heavy atom. The molecule has 1 fully saturated rings. The van der Waals surface area contributed by atoms with E-state index in [0.717, 1.165) is 27.9 Å². The predicted octanol–water partition coefficient (Wildman–Crippen LogP) is 3.13. The highest BCUT2D eigenvalue weighted by Gasteiger charge is 2.48. The molecule has 2 unspecified atom stereocenters. The maximum Gasteiger partial charge on any atom is 0.245 e. The number of aromatic hydroxyl groups is 1. The van der Waals surface area contributed by atoms with Crippen molar-refractivity contribution >= 4 is 39.1 Å². The third kappa shape index (κ3) is 5.96. The summed E-state index contributed by atoms with van der Waals surface area (Å²) in [6, 6.07) is 18.7. The van der Waals surface area contributed by atoms with Crippen LogP contribution in [0, 0.1) is 0 Å². The maximum absolute atomic E-state index is 14.0. The summed E-state index contributed by atoms with van der Waals surface area (Å²) in [5.74, 6) is -0.232. The second kappa shape index (κ2) is 11.5. The van der Waals surface area contributed by atoms with Crippen molar-refractivity contribution in [3.8, 4) is 5.75 Å². The number of rotatable bonds is 6. The van der Waals surface area contributed by atoms with E-state index in [1.807, 2.05) is 42.5 Å². The number of amides is 2. The number of halogens is 1. The lowest BCUT2D eigenvalue weighted by Crippen LogP contribution is -2.57. The van der Waals surface area contributed by atoms with Gasteiger partial charge in [0.2, 0.25) is 21.8 Å². The third-order valence-electron chi connectivity index (χ3n) is 9.06. The first-order valence-electron chi connectivity index (χ1n) is 14.5. The smallest absolute Gasteiger partial charge is 0.245 e. The number of nitrogens with zero attached hydrogens (tertiary/aromatic N) is 2. The van der Waals surface area contributed by atoms with E-state index in [9.17, 15) is 23.1 Å². The van der Waals surface area contributed by atoms with Crippen molar-refractivity contribution in [1.29, 1.82) is 0 Å². The molecule has 9 nitrogen and oxygen atoms in total. The van der Waals surface area contributed by atoms with Crippen LogP contribution >= 0.6 is 11.6 Å². The molecule has 3 aliphatic rings. The van der Waals surface area contributed by atoms with Crippen LogP contribution in [0.2, 0.25) is 5.02 Å². The number of hydrogen-bond acceptors (Lipinski definition) is 6. The Hall–Kier alpha value is -3.60. The van der Waals surface area contributed by atoms with Crippen molar-refractivity contribution < 1.29 is 23.1 Å². The molecule has 2 amide bonds. The number of hydrogen-bond donors (Lipinski definition) is 3. The zero-order valence-corrected chi connectivity index (χ0v) is 25.5. The highest BCUT2D eigenvalue weighted by Crippen LogP contribution is 2.47. The fourth-order valence-corrected chi connectivity index (χ4v) is 7.82. The average Bonchev–Trinajstić information content (AvgIpc) is 3.32. The zero-order valence-electron chi connectivity index (χ0n) is 23.9. The Kier molecular flexibility index (Phi) is 7.87. The van der Waals surface area contributed by atoms with Gasteiger partial charge in [0.05, 0.1) is 18.0 Å². The topological polar surface area (TPSA) is 119 Å². The molecule has 0 radical (unpaired) electrons. The van der Waals surface area contributed by atoms with E-state index >= 15 is 0 Å². The van der Waals surface area contributed by atoms with Gasteiger partial charge in [-0.05, 0) is 71.8 Å².